The minimum absolute atomic E-state index is 0.109. The van der Waals surface area contributed by atoms with Gasteiger partial charge < -0.3 is 0 Å². The van der Waals surface area contributed by atoms with Crippen molar-refractivity contribution in [2.45, 2.75) is 20.4 Å². The van der Waals surface area contributed by atoms with E-state index in [1.54, 1.807) is 12.1 Å². The number of benzene rings is 1. The van der Waals surface area contributed by atoms with Crippen LogP contribution in [-0.2, 0) is 6.54 Å². The maximum Gasteiger partial charge on any atom is 0.141 e. The van der Waals surface area contributed by atoms with Crippen LogP contribution < -0.4 is 0 Å². The Kier molecular flexibility index (Phi) is 3.54. The largest absolute Gasteiger partial charge is 0.268 e. The first kappa shape index (κ1) is 12.6. The summed E-state index contributed by atoms with van der Waals surface area (Å²) in [4.78, 5) is 0. The first-order valence-electron chi connectivity index (χ1n) is 5.23. The second kappa shape index (κ2) is 4.78. The predicted octanol–water partition coefficient (Wildman–Crippen LogP) is 4.43. The van der Waals surface area contributed by atoms with Crippen LogP contribution in [-0.4, -0.2) is 9.78 Å². The molecule has 0 aliphatic carbocycles. The lowest BCUT2D eigenvalue weighted by Gasteiger charge is -1.99. The van der Waals surface area contributed by atoms with Crippen LogP contribution in [0.25, 0.3) is 11.3 Å². The lowest BCUT2D eigenvalue weighted by molar-refractivity contribution is 0.628. The molecule has 2 nitrogen and oxygen atoms in total. The molecule has 0 saturated heterocycles. The highest BCUT2D eigenvalue weighted by Gasteiger charge is 2.14. The van der Waals surface area contributed by atoms with Gasteiger partial charge in [-0.05, 0) is 48.0 Å². The molecule has 1 heterocycles. The van der Waals surface area contributed by atoms with E-state index < -0.39 is 5.82 Å². The predicted molar refractivity (Wildman–Crippen MR) is 70.7 cm³/mol. The molecule has 0 aliphatic rings. The topological polar surface area (TPSA) is 17.8 Å². The number of aromatic nitrogens is 2. The molecule has 1 aromatic heterocycles. The average Bonchev–Trinajstić information content (AvgIpc) is 2.60. The third-order valence-electron chi connectivity index (χ3n) is 2.63. The van der Waals surface area contributed by atoms with Crippen LogP contribution >= 0.6 is 27.5 Å². The maximum atomic E-state index is 13.1. The van der Waals surface area contributed by atoms with Gasteiger partial charge in [0.2, 0.25) is 0 Å². The Morgan fingerprint density at radius 3 is 2.71 bits per heavy atom. The highest BCUT2D eigenvalue weighted by molar-refractivity contribution is 9.10. The normalized spacial score (nSPS) is 10.9. The summed E-state index contributed by atoms with van der Waals surface area (Å²) in [5.41, 5.74) is 2.63. The summed E-state index contributed by atoms with van der Waals surface area (Å²) in [6.45, 7) is 4.79. The monoisotopic (exact) mass is 316 g/mol. The van der Waals surface area contributed by atoms with Crippen LogP contribution in [0, 0.1) is 12.7 Å². The molecule has 0 N–H and O–H groups in total. The van der Waals surface area contributed by atoms with E-state index in [0.29, 0.717) is 0 Å². The zero-order chi connectivity index (χ0) is 12.6. The standard InChI is InChI=1S/C12H11BrClFN2/c1-3-17-7(2)11(13)12(16-17)8-4-5-10(15)9(14)6-8/h4-6H,3H2,1-2H3. The Labute approximate surface area is 113 Å². The minimum Gasteiger partial charge on any atom is -0.268 e. The molecule has 1 aromatic carbocycles. The van der Waals surface area contributed by atoms with Gasteiger partial charge in [-0.1, -0.05) is 11.6 Å². The summed E-state index contributed by atoms with van der Waals surface area (Å²) in [5, 5.41) is 4.57. The van der Waals surface area contributed by atoms with Gasteiger partial charge in [0.15, 0.2) is 0 Å². The molecule has 2 aromatic rings. The fourth-order valence-electron chi connectivity index (χ4n) is 1.66. The lowest BCUT2D eigenvalue weighted by atomic mass is 10.1. The fraction of sp³-hybridized carbons (Fsp3) is 0.250. The van der Waals surface area contributed by atoms with E-state index in [1.807, 2.05) is 18.5 Å². The Morgan fingerprint density at radius 2 is 2.18 bits per heavy atom. The van der Waals surface area contributed by atoms with Gasteiger partial charge in [0.25, 0.3) is 0 Å². The van der Waals surface area contributed by atoms with Gasteiger partial charge in [0.1, 0.15) is 11.5 Å². The van der Waals surface area contributed by atoms with Gasteiger partial charge in [0.05, 0.1) is 15.2 Å². The number of hydrogen-bond acceptors (Lipinski definition) is 1. The molecule has 0 radical (unpaired) electrons. The van der Waals surface area contributed by atoms with Gasteiger partial charge in [0, 0.05) is 12.1 Å². The average molecular weight is 318 g/mol. The molecule has 0 atom stereocenters. The fourth-order valence-corrected chi connectivity index (χ4v) is 2.35. The number of rotatable bonds is 2. The third-order valence-corrected chi connectivity index (χ3v) is 3.87. The first-order chi connectivity index (χ1) is 8.04. The van der Waals surface area contributed by atoms with Crippen LogP contribution in [0.5, 0.6) is 0 Å². The van der Waals surface area contributed by atoms with Crippen LogP contribution in [0.3, 0.4) is 0 Å². The van der Waals surface area contributed by atoms with Crippen molar-refractivity contribution in [3.05, 3.63) is 39.2 Å². The zero-order valence-electron chi connectivity index (χ0n) is 9.47. The van der Waals surface area contributed by atoms with Crippen molar-refractivity contribution in [3.63, 3.8) is 0 Å². The highest BCUT2D eigenvalue weighted by atomic mass is 79.9. The van der Waals surface area contributed by atoms with Crippen LogP contribution in [0.4, 0.5) is 4.39 Å². The lowest BCUT2D eigenvalue weighted by Crippen LogP contribution is -1.98. The highest BCUT2D eigenvalue weighted by Crippen LogP contribution is 2.32. The summed E-state index contributed by atoms with van der Waals surface area (Å²) in [7, 11) is 0. The van der Waals surface area contributed by atoms with E-state index in [4.69, 9.17) is 11.6 Å². The molecule has 90 valence electrons. The Morgan fingerprint density at radius 1 is 1.47 bits per heavy atom. The molecule has 0 unspecified atom stereocenters. The maximum absolute atomic E-state index is 13.1. The molecule has 0 spiro atoms. The first-order valence-corrected chi connectivity index (χ1v) is 6.40. The molecule has 0 saturated carbocycles. The minimum atomic E-state index is -0.418. The van der Waals surface area contributed by atoms with Crippen molar-refractivity contribution in [1.29, 1.82) is 0 Å². The van der Waals surface area contributed by atoms with Crippen LogP contribution in [0.15, 0.2) is 22.7 Å². The van der Waals surface area contributed by atoms with Crippen LogP contribution in [0.1, 0.15) is 12.6 Å². The summed E-state index contributed by atoms with van der Waals surface area (Å²) in [5.74, 6) is -0.418. The van der Waals surface area contributed by atoms with E-state index in [0.717, 1.165) is 28.0 Å². The SMILES string of the molecule is CCn1nc(-c2ccc(F)c(Cl)c2)c(Br)c1C. The van der Waals surface area contributed by atoms with Gasteiger partial charge in [-0.2, -0.15) is 5.10 Å². The summed E-state index contributed by atoms with van der Waals surface area (Å²) in [6.07, 6.45) is 0. The molecule has 0 fully saturated rings. The van der Waals surface area contributed by atoms with Crippen molar-refractivity contribution in [2.75, 3.05) is 0 Å². The number of nitrogens with zero attached hydrogens (tertiary/aromatic N) is 2. The van der Waals surface area contributed by atoms with Gasteiger partial charge in [-0.3, -0.25) is 4.68 Å². The number of hydrogen-bond donors (Lipinski definition) is 0. The molecule has 2 rings (SSSR count). The van der Waals surface area contributed by atoms with Crippen molar-refractivity contribution < 1.29 is 4.39 Å². The molecule has 17 heavy (non-hydrogen) atoms. The zero-order valence-corrected chi connectivity index (χ0v) is 11.8. The van der Waals surface area contributed by atoms with Gasteiger partial charge >= 0.3 is 0 Å². The molecule has 0 amide bonds. The summed E-state index contributed by atoms with van der Waals surface area (Å²) < 4.78 is 15.9. The van der Waals surface area contributed by atoms with Crippen molar-refractivity contribution in [2.24, 2.45) is 0 Å². The Bertz CT molecular complexity index is 566. The van der Waals surface area contributed by atoms with E-state index >= 15 is 0 Å². The smallest absolute Gasteiger partial charge is 0.141 e. The third kappa shape index (κ3) is 2.24. The van der Waals surface area contributed by atoms with Gasteiger partial charge in [-0.25, -0.2) is 4.39 Å². The number of aryl methyl sites for hydroxylation is 1. The molecule has 0 bridgehead atoms. The van der Waals surface area contributed by atoms with Gasteiger partial charge in [-0.15, -0.1) is 0 Å². The van der Waals surface area contributed by atoms with Crippen molar-refractivity contribution >= 4 is 27.5 Å². The van der Waals surface area contributed by atoms with E-state index in [1.165, 1.54) is 6.07 Å². The van der Waals surface area contributed by atoms with E-state index in [2.05, 4.69) is 21.0 Å². The quantitative estimate of drug-likeness (QED) is 0.801. The van der Waals surface area contributed by atoms with Crippen molar-refractivity contribution in [1.82, 2.24) is 9.78 Å². The molecular formula is C12H11BrClFN2. The second-order valence-electron chi connectivity index (χ2n) is 3.69. The summed E-state index contributed by atoms with van der Waals surface area (Å²) in [6, 6.07) is 4.61. The number of halogens is 3. The molecule has 0 aliphatic heterocycles. The Hall–Kier alpha value is -0.870. The molecule has 5 heteroatoms. The van der Waals surface area contributed by atoms with E-state index in [-0.39, 0.29) is 5.02 Å². The van der Waals surface area contributed by atoms with E-state index in [9.17, 15) is 4.39 Å². The Balaban J connectivity index is 2.56. The van der Waals surface area contributed by atoms with Crippen molar-refractivity contribution in [3.8, 4) is 11.3 Å². The summed E-state index contributed by atoms with van der Waals surface area (Å²) >= 11 is 9.27. The molecular weight excluding hydrogens is 307 g/mol. The second-order valence-corrected chi connectivity index (χ2v) is 4.89. The van der Waals surface area contributed by atoms with Crippen LogP contribution in [0.2, 0.25) is 5.02 Å².